The number of fused-ring (bicyclic) bond motifs is 8. The third-order valence-corrected chi connectivity index (χ3v) is 8.44. The molecule has 5 aliphatic heterocycles. The summed E-state index contributed by atoms with van der Waals surface area (Å²) in [6.45, 7) is -3.18. The van der Waals surface area contributed by atoms with E-state index < -0.39 is 149 Å². The molecule has 5 aliphatic rings. The highest BCUT2D eigenvalue weighted by molar-refractivity contribution is 4.98. The summed E-state index contributed by atoms with van der Waals surface area (Å²) in [4.78, 5) is 0. The van der Waals surface area contributed by atoms with Crippen molar-refractivity contribution >= 4 is 0 Å². The summed E-state index contributed by atoms with van der Waals surface area (Å²) >= 11 is 0. The van der Waals surface area contributed by atoms with Crippen LogP contribution in [0.3, 0.4) is 0 Å². The van der Waals surface area contributed by atoms with Crippen molar-refractivity contribution in [1.82, 2.24) is 0 Å². The molecule has 20 heteroatoms. The van der Waals surface area contributed by atoms with Crippen LogP contribution < -0.4 is 0 Å². The molecule has 256 valence electrons. The second-order valence-corrected chi connectivity index (χ2v) is 11.3. The van der Waals surface area contributed by atoms with Crippen LogP contribution in [0, 0.1) is 0 Å². The van der Waals surface area contributed by atoms with Gasteiger partial charge in [-0.05, 0) is 0 Å². The Bertz CT molecular complexity index is 932. The topological polar surface area (TPSA) is 317 Å². The first-order valence-electron chi connectivity index (χ1n) is 14.1. The van der Waals surface area contributed by atoms with E-state index in [-0.39, 0.29) is 0 Å². The summed E-state index contributed by atoms with van der Waals surface area (Å²) in [5.74, 6) is 0. The Kier molecular flexibility index (Phi) is 11.1. The van der Waals surface area contributed by atoms with E-state index in [1.54, 1.807) is 0 Å². The molecule has 0 amide bonds. The fourth-order valence-electron chi connectivity index (χ4n) is 5.83. The number of aliphatic hydroxyl groups excluding tert-OH is 12. The van der Waals surface area contributed by atoms with Crippen LogP contribution in [-0.4, -0.2) is 211 Å². The Morgan fingerprint density at radius 3 is 1.20 bits per heavy atom. The largest absolute Gasteiger partial charge is 0.394 e. The van der Waals surface area contributed by atoms with Crippen molar-refractivity contribution in [2.45, 2.75) is 123 Å². The van der Waals surface area contributed by atoms with Gasteiger partial charge in [0.25, 0.3) is 0 Å². The van der Waals surface area contributed by atoms with E-state index in [0.717, 1.165) is 0 Å². The summed E-state index contributed by atoms with van der Waals surface area (Å²) in [7, 11) is 0. The lowest BCUT2D eigenvalue weighted by Gasteiger charge is -2.48. The fraction of sp³-hybridized carbons (Fsp3) is 1.00. The standard InChI is InChI=1S/C24H40O20/c25-1-5-10(29)18-15(34)22(38-5)43-20-12(31)7(3-27)40-24(17(20)36)44-23-16(35)19(11(30)6(2-26)39-23)42-21-14(33)13(32)9(28)8(41-21)4-37-18/h5-36H,1-4H2/t5?,6-,7-,8-,9-,10-,11-,12-,13+,14-,15-,16-,17-,18+,19+,20+,21?,22?,23?,24?/m1/s1. The van der Waals surface area contributed by atoms with Gasteiger partial charge in [0.1, 0.15) is 97.7 Å². The molecule has 5 heterocycles. The predicted molar refractivity (Wildman–Crippen MR) is 131 cm³/mol. The monoisotopic (exact) mass is 648 g/mol. The Balaban J connectivity index is 1.53. The van der Waals surface area contributed by atoms with Gasteiger partial charge in [0.2, 0.25) is 0 Å². The molecule has 0 spiro atoms. The average molecular weight is 649 g/mol. The molecular weight excluding hydrogens is 608 g/mol. The van der Waals surface area contributed by atoms with Gasteiger partial charge in [0, 0.05) is 0 Å². The molecule has 44 heavy (non-hydrogen) atoms. The number of hydrogen-bond acceptors (Lipinski definition) is 20. The van der Waals surface area contributed by atoms with Crippen LogP contribution in [0.15, 0.2) is 0 Å². The molecule has 0 aliphatic carbocycles. The lowest BCUT2D eigenvalue weighted by molar-refractivity contribution is -0.400. The molecule has 0 aromatic heterocycles. The minimum absolute atomic E-state index is 0.685. The highest BCUT2D eigenvalue weighted by atomic mass is 16.8. The van der Waals surface area contributed by atoms with E-state index in [1.807, 2.05) is 0 Å². The smallest absolute Gasteiger partial charge is 0.189 e. The molecular formula is C24H40O20. The highest BCUT2D eigenvalue weighted by Gasteiger charge is 2.56. The van der Waals surface area contributed by atoms with Gasteiger partial charge in [0.15, 0.2) is 25.2 Å². The number of ether oxygens (including phenoxy) is 8. The van der Waals surface area contributed by atoms with Crippen LogP contribution >= 0.6 is 0 Å². The molecule has 8 bridgehead atoms. The molecule has 0 aromatic carbocycles. The average Bonchev–Trinajstić information content (AvgIpc) is 3.00. The van der Waals surface area contributed by atoms with Gasteiger partial charge >= 0.3 is 0 Å². The van der Waals surface area contributed by atoms with Gasteiger partial charge in [-0.1, -0.05) is 0 Å². The Morgan fingerprint density at radius 1 is 0.364 bits per heavy atom. The zero-order chi connectivity index (χ0) is 32.0. The van der Waals surface area contributed by atoms with Crippen molar-refractivity contribution in [3.8, 4) is 0 Å². The van der Waals surface area contributed by atoms with E-state index >= 15 is 0 Å². The zero-order valence-electron chi connectivity index (χ0n) is 23.0. The van der Waals surface area contributed by atoms with E-state index in [4.69, 9.17) is 37.9 Å². The molecule has 20 nitrogen and oxygen atoms in total. The molecule has 5 saturated heterocycles. The number of rotatable bonds is 3. The summed E-state index contributed by atoms with van der Waals surface area (Å²) in [6.07, 6.45) is -35.2. The first-order chi connectivity index (χ1) is 20.9. The van der Waals surface area contributed by atoms with Crippen molar-refractivity contribution in [2.75, 3.05) is 26.4 Å². The van der Waals surface area contributed by atoms with Gasteiger partial charge in [-0.15, -0.1) is 0 Å². The fourth-order valence-corrected chi connectivity index (χ4v) is 5.83. The van der Waals surface area contributed by atoms with E-state index in [9.17, 15) is 61.3 Å². The van der Waals surface area contributed by atoms with Crippen LogP contribution in [0.25, 0.3) is 0 Å². The van der Waals surface area contributed by atoms with Crippen molar-refractivity contribution in [3.63, 3.8) is 0 Å². The molecule has 0 radical (unpaired) electrons. The van der Waals surface area contributed by atoms with Crippen LogP contribution in [-0.2, 0) is 37.9 Å². The molecule has 12 N–H and O–H groups in total. The van der Waals surface area contributed by atoms with Gasteiger partial charge in [0.05, 0.1) is 26.4 Å². The predicted octanol–water partition coefficient (Wildman–Crippen LogP) is -8.70. The second kappa shape index (κ2) is 14.1. The first-order valence-corrected chi connectivity index (χ1v) is 14.1. The minimum atomic E-state index is -1.96. The van der Waals surface area contributed by atoms with Crippen molar-refractivity contribution in [2.24, 2.45) is 0 Å². The Morgan fingerprint density at radius 2 is 0.750 bits per heavy atom. The number of aliphatic hydroxyl groups is 12. The van der Waals surface area contributed by atoms with Gasteiger partial charge in [-0.2, -0.15) is 0 Å². The van der Waals surface area contributed by atoms with Crippen molar-refractivity contribution < 1.29 is 99.2 Å². The summed E-state index contributed by atoms with van der Waals surface area (Å²) < 4.78 is 44.5. The van der Waals surface area contributed by atoms with Crippen LogP contribution in [0.4, 0.5) is 0 Å². The molecule has 0 saturated carbocycles. The minimum Gasteiger partial charge on any atom is -0.394 e. The lowest BCUT2D eigenvalue weighted by Crippen LogP contribution is -2.67. The highest BCUT2D eigenvalue weighted by Crippen LogP contribution is 2.35. The van der Waals surface area contributed by atoms with E-state index in [0.29, 0.717) is 0 Å². The summed E-state index contributed by atoms with van der Waals surface area (Å²) in [5, 5.41) is 127. The first kappa shape index (κ1) is 34.5. The van der Waals surface area contributed by atoms with Crippen LogP contribution in [0.1, 0.15) is 0 Å². The molecule has 5 fully saturated rings. The van der Waals surface area contributed by atoms with Gasteiger partial charge in [-0.25, -0.2) is 0 Å². The number of hydrogen-bond donors (Lipinski definition) is 12. The summed E-state index contributed by atoms with van der Waals surface area (Å²) in [5.41, 5.74) is 0. The van der Waals surface area contributed by atoms with E-state index in [1.165, 1.54) is 0 Å². The van der Waals surface area contributed by atoms with E-state index in [2.05, 4.69) is 0 Å². The normalized spacial score (nSPS) is 55.6. The molecule has 5 unspecified atom stereocenters. The van der Waals surface area contributed by atoms with Gasteiger partial charge < -0.3 is 99.2 Å². The molecule has 0 aromatic rings. The second-order valence-electron chi connectivity index (χ2n) is 11.3. The quantitative estimate of drug-likeness (QED) is 0.135. The Labute approximate surface area is 249 Å². The van der Waals surface area contributed by atoms with Crippen molar-refractivity contribution in [1.29, 1.82) is 0 Å². The Hall–Kier alpha value is -0.800. The summed E-state index contributed by atoms with van der Waals surface area (Å²) in [6, 6.07) is 0. The molecule has 5 rings (SSSR count). The third kappa shape index (κ3) is 6.37. The van der Waals surface area contributed by atoms with Crippen LogP contribution in [0.5, 0.6) is 0 Å². The SMILES string of the molecule is OCC1OC2O[C@H]3[C@H](O)[C@@H](CO)OC(OC4O[C@H](CO)[C@@H](O)[C@H](OC5O[C@H](CO[C@@H]([C@@H]1O)[C@H]2O)[C@@H](O)[C@H](O)[C@H]5O)[C@H]4O)[C@@H]3O. The van der Waals surface area contributed by atoms with Crippen LogP contribution in [0.2, 0.25) is 0 Å². The maximum atomic E-state index is 11.1. The third-order valence-electron chi connectivity index (χ3n) is 8.44. The van der Waals surface area contributed by atoms with Crippen molar-refractivity contribution in [3.05, 3.63) is 0 Å². The maximum Gasteiger partial charge on any atom is 0.189 e. The van der Waals surface area contributed by atoms with Gasteiger partial charge in [-0.3, -0.25) is 0 Å². The maximum absolute atomic E-state index is 11.1. The lowest BCUT2D eigenvalue weighted by atomic mass is 9.96. The zero-order valence-corrected chi connectivity index (χ0v) is 23.0. The molecule has 20 atom stereocenters.